The SMILES string of the molecule is FC(F)(F)c1cccc(N2CCN(c3cnc4cc5ccccc5cc4n3)CC2)c1. The summed E-state index contributed by atoms with van der Waals surface area (Å²) in [6.45, 7) is 2.59. The molecule has 0 saturated carbocycles. The molecule has 1 aromatic heterocycles. The van der Waals surface area contributed by atoms with E-state index in [9.17, 15) is 13.2 Å². The van der Waals surface area contributed by atoms with Gasteiger partial charge in [0.05, 0.1) is 22.8 Å². The van der Waals surface area contributed by atoms with Gasteiger partial charge >= 0.3 is 6.18 Å². The summed E-state index contributed by atoms with van der Waals surface area (Å²) in [4.78, 5) is 13.5. The molecule has 4 nitrogen and oxygen atoms in total. The molecule has 0 radical (unpaired) electrons. The highest BCUT2D eigenvalue weighted by atomic mass is 19.4. The number of anilines is 2. The second kappa shape index (κ2) is 7.16. The van der Waals surface area contributed by atoms with E-state index in [0.29, 0.717) is 31.9 Å². The Balaban J connectivity index is 1.35. The Kier molecular flexibility index (Phi) is 4.46. The van der Waals surface area contributed by atoms with Gasteiger partial charge in [-0.25, -0.2) is 4.98 Å². The second-order valence-electron chi connectivity index (χ2n) is 7.44. The maximum absolute atomic E-state index is 13.0. The average Bonchev–Trinajstić information content (AvgIpc) is 2.77. The lowest BCUT2D eigenvalue weighted by molar-refractivity contribution is -0.137. The number of alkyl halides is 3. The Hall–Kier alpha value is -3.35. The minimum Gasteiger partial charge on any atom is -0.368 e. The van der Waals surface area contributed by atoms with E-state index in [1.54, 1.807) is 12.3 Å². The fourth-order valence-electron chi connectivity index (χ4n) is 3.91. The van der Waals surface area contributed by atoms with E-state index >= 15 is 0 Å². The molecule has 152 valence electrons. The summed E-state index contributed by atoms with van der Waals surface area (Å²) in [5, 5.41) is 2.24. The normalized spacial score (nSPS) is 15.2. The van der Waals surface area contributed by atoms with Crippen LogP contribution >= 0.6 is 0 Å². The average molecular weight is 408 g/mol. The molecule has 30 heavy (non-hydrogen) atoms. The zero-order valence-corrected chi connectivity index (χ0v) is 16.1. The maximum Gasteiger partial charge on any atom is 0.416 e. The van der Waals surface area contributed by atoms with Gasteiger partial charge in [0.25, 0.3) is 0 Å². The molecule has 0 amide bonds. The van der Waals surface area contributed by atoms with Gasteiger partial charge in [0.15, 0.2) is 0 Å². The number of fused-ring (bicyclic) bond motifs is 2. The Morgan fingerprint density at radius 3 is 2.10 bits per heavy atom. The van der Waals surface area contributed by atoms with Gasteiger partial charge in [-0.05, 0) is 41.1 Å². The van der Waals surface area contributed by atoms with E-state index < -0.39 is 11.7 Å². The van der Waals surface area contributed by atoms with Gasteiger partial charge < -0.3 is 9.80 Å². The minimum absolute atomic E-state index is 0.598. The summed E-state index contributed by atoms with van der Waals surface area (Å²) in [5.74, 6) is 0.793. The molecular weight excluding hydrogens is 389 g/mol. The molecule has 1 aliphatic heterocycles. The van der Waals surface area contributed by atoms with Crippen molar-refractivity contribution in [2.24, 2.45) is 0 Å². The lowest BCUT2D eigenvalue weighted by atomic mass is 10.1. The predicted octanol–water partition coefficient (Wildman–Crippen LogP) is 5.13. The van der Waals surface area contributed by atoms with Gasteiger partial charge in [-0.1, -0.05) is 30.3 Å². The van der Waals surface area contributed by atoms with Crippen molar-refractivity contribution in [2.45, 2.75) is 6.18 Å². The van der Waals surface area contributed by atoms with Gasteiger partial charge in [0.1, 0.15) is 5.82 Å². The first-order chi connectivity index (χ1) is 14.5. The van der Waals surface area contributed by atoms with Gasteiger partial charge in [0, 0.05) is 31.9 Å². The topological polar surface area (TPSA) is 32.3 Å². The van der Waals surface area contributed by atoms with Crippen LogP contribution in [-0.2, 0) is 6.18 Å². The molecule has 0 atom stereocenters. The smallest absolute Gasteiger partial charge is 0.368 e. The fraction of sp³-hybridized carbons (Fsp3) is 0.217. The first-order valence-electron chi connectivity index (χ1n) is 9.80. The van der Waals surface area contributed by atoms with Crippen LogP contribution in [0.2, 0.25) is 0 Å². The summed E-state index contributed by atoms with van der Waals surface area (Å²) < 4.78 is 39.0. The third-order valence-electron chi connectivity index (χ3n) is 5.54. The summed E-state index contributed by atoms with van der Waals surface area (Å²) in [5.41, 5.74) is 1.67. The van der Waals surface area contributed by atoms with Gasteiger partial charge in [-0.3, -0.25) is 4.98 Å². The summed E-state index contributed by atoms with van der Waals surface area (Å²) in [7, 11) is 0. The molecular formula is C23H19F3N4. The van der Waals surface area contributed by atoms with Crippen LogP contribution in [0.4, 0.5) is 24.7 Å². The van der Waals surface area contributed by atoms with Crippen molar-refractivity contribution in [3.63, 3.8) is 0 Å². The zero-order valence-electron chi connectivity index (χ0n) is 16.1. The number of piperazine rings is 1. The molecule has 0 unspecified atom stereocenters. The van der Waals surface area contributed by atoms with E-state index in [-0.39, 0.29) is 0 Å². The molecule has 2 heterocycles. The number of halogens is 3. The van der Waals surface area contributed by atoms with Gasteiger partial charge in [-0.2, -0.15) is 13.2 Å². The van der Waals surface area contributed by atoms with E-state index in [2.05, 4.69) is 22.0 Å². The summed E-state index contributed by atoms with van der Waals surface area (Å²) >= 11 is 0. The van der Waals surface area contributed by atoms with Crippen LogP contribution in [0.25, 0.3) is 21.8 Å². The number of aromatic nitrogens is 2. The second-order valence-corrected chi connectivity index (χ2v) is 7.44. The van der Waals surface area contributed by atoms with E-state index in [1.165, 1.54) is 12.1 Å². The van der Waals surface area contributed by atoms with Gasteiger partial charge in [-0.15, -0.1) is 0 Å². The van der Waals surface area contributed by atoms with Crippen molar-refractivity contribution in [2.75, 3.05) is 36.0 Å². The molecule has 7 heteroatoms. The Morgan fingerprint density at radius 2 is 1.40 bits per heavy atom. The van der Waals surface area contributed by atoms with E-state index in [4.69, 9.17) is 4.98 Å². The van der Waals surface area contributed by atoms with Crippen LogP contribution in [0.3, 0.4) is 0 Å². The third kappa shape index (κ3) is 3.51. The Bertz CT molecular complexity index is 1210. The van der Waals surface area contributed by atoms with Crippen molar-refractivity contribution in [1.29, 1.82) is 0 Å². The highest BCUT2D eigenvalue weighted by Crippen LogP contribution is 2.32. The van der Waals surface area contributed by atoms with Crippen molar-refractivity contribution < 1.29 is 13.2 Å². The molecule has 5 rings (SSSR count). The van der Waals surface area contributed by atoms with E-state index in [1.807, 2.05) is 29.2 Å². The molecule has 0 aliphatic carbocycles. The molecule has 0 N–H and O–H groups in total. The van der Waals surface area contributed by atoms with Crippen molar-refractivity contribution >= 4 is 33.3 Å². The molecule has 0 spiro atoms. The molecule has 0 bridgehead atoms. The number of rotatable bonds is 2. The molecule has 1 fully saturated rings. The number of benzene rings is 3. The first kappa shape index (κ1) is 18.7. The Labute approximate surface area is 171 Å². The quantitative estimate of drug-likeness (QED) is 0.431. The standard InChI is InChI=1S/C23H19F3N4/c24-23(25,26)18-6-3-7-19(14-18)29-8-10-30(11-9-29)22-15-27-20-12-16-4-1-2-5-17(16)13-21(20)28-22/h1-7,12-15H,8-11H2. The summed E-state index contributed by atoms with van der Waals surface area (Å²) in [6.07, 6.45) is -2.56. The van der Waals surface area contributed by atoms with Crippen LogP contribution in [0.15, 0.2) is 66.9 Å². The maximum atomic E-state index is 13.0. The van der Waals surface area contributed by atoms with E-state index in [0.717, 1.165) is 33.7 Å². The molecule has 1 saturated heterocycles. The number of nitrogens with zero attached hydrogens (tertiary/aromatic N) is 4. The molecule has 1 aliphatic rings. The van der Waals surface area contributed by atoms with Crippen LogP contribution in [-0.4, -0.2) is 36.1 Å². The third-order valence-corrected chi connectivity index (χ3v) is 5.54. The van der Waals surface area contributed by atoms with Crippen LogP contribution in [0, 0.1) is 0 Å². The van der Waals surface area contributed by atoms with Crippen molar-refractivity contribution in [1.82, 2.24) is 9.97 Å². The van der Waals surface area contributed by atoms with Crippen LogP contribution in [0.1, 0.15) is 5.56 Å². The van der Waals surface area contributed by atoms with Crippen molar-refractivity contribution in [3.8, 4) is 0 Å². The largest absolute Gasteiger partial charge is 0.416 e. The monoisotopic (exact) mass is 408 g/mol. The minimum atomic E-state index is -4.33. The highest BCUT2D eigenvalue weighted by Gasteiger charge is 2.31. The fourth-order valence-corrected chi connectivity index (χ4v) is 3.91. The number of hydrogen-bond donors (Lipinski definition) is 0. The Morgan fingerprint density at radius 1 is 0.733 bits per heavy atom. The lowest BCUT2D eigenvalue weighted by Crippen LogP contribution is -2.46. The number of hydrogen-bond acceptors (Lipinski definition) is 4. The lowest BCUT2D eigenvalue weighted by Gasteiger charge is -2.36. The van der Waals surface area contributed by atoms with Crippen molar-refractivity contribution in [3.05, 3.63) is 72.4 Å². The van der Waals surface area contributed by atoms with Crippen LogP contribution in [0.5, 0.6) is 0 Å². The van der Waals surface area contributed by atoms with Gasteiger partial charge in [0.2, 0.25) is 0 Å². The van der Waals surface area contributed by atoms with Crippen LogP contribution < -0.4 is 9.80 Å². The highest BCUT2D eigenvalue weighted by molar-refractivity contribution is 5.95. The molecule has 3 aromatic carbocycles. The molecule has 4 aromatic rings. The summed E-state index contributed by atoms with van der Waals surface area (Å²) in [6, 6.07) is 17.7. The zero-order chi connectivity index (χ0) is 20.7. The predicted molar refractivity (Wildman–Crippen MR) is 113 cm³/mol. The first-order valence-corrected chi connectivity index (χ1v) is 9.80.